The molecule has 0 atom stereocenters. The first-order valence-corrected chi connectivity index (χ1v) is 5.59. The molecule has 3 rings (SSSR count). The van der Waals surface area contributed by atoms with Crippen molar-refractivity contribution < 1.29 is 5.11 Å². The smallest absolute Gasteiger partial charge is 0.0702 e. The Morgan fingerprint density at radius 3 is 2.80 bits per heavy atom. The van der Waals surface area contributed by atoms with Crippen molar-refractivity contribution >= 4 is 10.9 Å². The van der Waals surface area contributed by atoms with E-state index >= 15 is 0 Å². The maximum atomic E-state index is 9.34. The third kappa shape index (κ3) is 1.29. The zero-order valence-corrected chi connectivity index (χ0v) is 8.69. The average Bonchev–Trinajstić information content (AvgIpc) is 2.59. The number of fused-ring (bicyclic) bond motifs is 1. The summed E-state index contributed by atoms with van der Waals surface area (Å²) in [5, 5.41) is 10.6. The number of aliphatic hydroxyl groups is 1. The zero-order valence-electron chi connectivity index (χ0n) is 8.69. The van der Waals surface area contributed by atoms with Crippen molar-refractivity contribution in [2.24, 2.45) is 0 Å². The second-order valence-corrected chi connectivity index (χ2v) is 4.32. The highest BCUT2D eigenvalue weighted by Gasteiger charge is 2.21. The Hall–Kier alpha value is -1.28. The maximum Gasteiger partial charge on any atom is 0.0702 e. The van der Waals surface area contributed by atoms with Gasteiger partial charge in [-0.2, -0.15) is 0 Å². The first kappa shape index (κ1) is 8.98. The van der Waals surface area contributed by atoms with Gasteiger partial charge >= 0.3 is 0 Å². The molecule has 0 bridgehead atoms. The van der Waals surface area contributed by atoms with E-state index in [4.69, 9.17) is 0 Å². The minimum atomic E-state index is 0.133. The number of rotatable bonds is 2. The Morgan fingerprint density at radius 1 is 1.27 bits per heavy atom. The lowest BCUT2D eigenvalue weighted by molar-refractivity contribution is 0.280. The summed E-state index contributed by atoms with van der Waals surface area (Å²) in [6.07, 6.45) is 6.06. The lowest BCUT2D eigenvalue weighted by Crippen LogP contribution is -2.16. The van der Waals surface area contributed by atoms with Crippen LogP contribution in [0.3, 0.4) is 0 Å². The first-order valence-electron chi connectivity index (χ1n) is 5.59. The molecule has 1 fully saturated rings. The highest BCUT2D eigenvalue weighted by atomic mass is 16.3. The lowest BCUT2D eigenvalue weighted by Gasteiger charge is -2.28. The molecule has 1 aliphatic rings. The molecule has 0 radical (unpaired) electrons. The van der Waals surface area contributed by atoms with E-state index in [1.807, 2.05) is 12.1 Å². The van der Waals surface area contributed by atoms with Crippen LogP contribution in [0.2, 0.25) is 0 Å². The second kappa shape index (κ2) is 3.38. The van der Waals surface area contributed by atoms with E-state index < -0.39 is 0 Å². The quantitative estimate of drug-likeness (QED) is 0.794. The Morgan fingerprint density at radius 2 is 2.13 bits per heavy atom. The van der Waals surface area contributed by atoms with E-state index in [1.54, 1.807) is 0 Å². The van der Waals surface area contributed by atoms with E-state index in [-0.39, 0.29) is 6.61 Å². The van der Waals surface area contributed by atoms with E-state index in [0.717, 1.165) is 5.56 Å². The van der Waals surface area contributed by atoms with E-state index in [9.17, 15) is 5.11 Å². The summed E-state index contributed by atoms with van der Waals surface area (Å²) in [6, 6.07) is 8.95. The van der Waals surface area contributed by atoms with Gasteiger partial charge in [0.15, 0.2) is 0 Å². The number of hydrogen-bond acceptors (Lipinski definition) is 1. The van der Waals surface area contributed by atoms with Crippen molar-refractivity contribution in [1.29, 1.82) is 0 Å². The van der Waals surface area contributed by atoms with Crippen LogP contribution in [0.5, 0.6) is 0 Å². The number of hydrogen-bond donors (Lipinski definition) is 1. The second-order valence-electron chi connectivity index (χ2n) is 4.32. The number of benzene rings is 1. The van der Waals surface area contributed by atoms with Gasteiger partial charge in [-0.05, 0) is 30.7 Å². The van der Waals surface area contributed by atoms with Gasteiger partial charge in [0.25, 0.3) is 0 Å². The van der Waals surface area contributed by atoms with Crippen molar-refractivity contribution in [2.75, 3.05) is 0 Å². The molecule has 1 saturated carbocycles. The van der Waals surface area contributed by atoms with Crippen LogP contribution in [-0.4, -0.2) is 9.67 Å². The van der Waals surface area contributed by atoms with E-state index in [1.165, 1.54) is 30.2 Å². The van der Waals surface area contributed by atoms with Crippen molar-refractivity contribution in [3.05, 3.63) is 36.0 Å². The molecule has 2 aromatic rings. The molecule has 2 nitrogen and oxygen atoms in total. The first-order chi connectivity index (χ1) is 7.40. The topological polar surface area (TPSA) is 25.2 Å². The Bertz CT molecular complexity index is 482. The average molecular weight is 201 g/mol. The van der Waals surface area contributed by atoms with Gasteiger partial charge in [0.2, 0.25) is 0 Å². The lowest BCUT2D eigenvalue weighted by atomic mass is 9.92. The molecule has 0 spiro atoms. The molecule has 0 aliphatic heterocycles. The molecule has 78 valence electrons. The van der Waals surface area contributed by atoms with Gasteiger partial charge in [0.05, 0.1) is 12.1 Å². The summed E-state index contributed by atoms with van der Waals surface area (Å²) < 4.78 is 2.34. The Labute approximate surface area is 89.1 Å². The van der Waals surface area contributed by atoms with Gasteiger partial charge in [0.1, 0.15) is 0 Å². The minimum Gasteiger partial charge on any atom is -0.392 e. The summed E-state index contributed by atoms with van der Waals surface area (Å²) in [7, 11) is 0. The molecule has 0 saturated heterocycles. The van der Waals surface area contributed by atoms with Crippen LogP contribution in [0.25, 0.3) is 10.9 Å². The van der Waals surface area contributed by atoms with Crippen molar-refractivity contribution in [3.63, 3.8) is 0 Å². The maximum absolute atomic E-state index is 9.34. The summed E-state index contributed by atoms with van der Waals surface area (Å²) in [4.78, 5) is 0. The molecule has 1 heterocycles. The fourth-order valence-electron chi connectivity index (χ4n) is 2.39. The molecular weight excluding hydrogens is 186 g/mol. The van der Waals surface area contributed by atoms with Crippen LogP contribution >= 0.6 is 0 Å². The monoisotopic (exact) mass is 201 g/mol. The summed E-state index contributed by atoms with van der Waals surface area (Å²) in [5.41, 5.74) is 2.27. The van der Waals surface area contributed by atoms with Crippen molar-refractivity contribution in [3.8, 4) is 0 Å². The molecule has 1 aromatic heterocycles. The van der Waals surface area contributed by atoms with Gasteiger partial charge in [-0.3, -0.25) is 0 Å². The fraction of sp³-hybridized carbons (Fsp3) is 0.385. The third-order valence-corrected chi connectivity index (χ3v) is 3.46. The van der Waals surface area contributed by atoms with Crippen LogP contribution in [0.15, 0.2) is 30.5 Å². The molecular formula is C13H15NO. The summed E-state index contributed by atoms with van der Waals surface area (Å²) in [6.45, 7) is 0.133. The largest absolute Gasteiger partial charge is 0.392 e. The van der Waals surface area contributed by atoms with Gasteiger partial charge in [-0.1, -0.05) is 18.2 Å². The predicted octanol–water partition coefficient (Wildman–Crippen LogP) is 2.86. The molecule has 0 unspecified atom stereocenters. The molecule has 1 N–H and O–H groups in total. The molecule has 15 heavy (non-hydrogen) atoms. The SMILES string of the molecule is OCc1cccc2ccn(C3CCC3)c12. The normalized spacial score (nSPS) is 16.9. The fourth-order valence-corrected chi connectivity index (χ4v) is 2.39. The highest BCUT2D eigenvalue weighted by molar-refractivity contribution is 5.83. The van der Waals surface area contributed by atoms with E-state index in [0.29, 0.717) is 6.04 Å². The van der Waals surface area contributed by atoms with Gasteiger partial charge in [0, 0.05) is 17.8 Å². The van der Waals surface area contributed by atoms with E-state index in [2.05, 4.69) is 22.9 Å². The molecule has 0 amide bonds. The number of aliphatic hydroxyl groups excluding tert-OH is 1. The zero-order chi connectivity index (χ0) is 10.3. The Balaban J connectivity index is 2.20. The van der Waals surface area contributed by atoms with Crippen LogP contribution in [0.4, 0.5) is 0 Å². The highest BCUT2D eigenvalue weighted by Crippen LogP contribution is 2.35. The van der Waals surface area contributed by atoms with Crippen molar-refractivity contribution in [1.82, 2.24) is 4.57 Å². The predicted molar refractivity (Wildman–Crippen MR) is 60.7 cm³/mol. The van der Waals surface area contributed by atoms with Crippen LogP contribution in [-0.2, 0) is 6.61 Å². The molecule has 2 heteroatoms. The standard InChI is InChI=1S/C13H15NO/c15-9-11-4-1-3-10-7-8-14(13(10)11)12-5-2-6-12/h1,3-4,7-8,12,15H,2,5-6,9H2. The Kier molecular flexibility index (Phi) is 2.03. The number of nitrogens with zero attached hydrogens (tertiary/aromatic N) is 1. The minimum absolute atomic E-state index is 0.133. The van der Waals surface area contributed by atoms with Gasteiger partial charge < -0.3 is 9.67 Å². The van der Waals surface area contributed by atoms with Gasteiger partial charge in [-0.25, -0.2) is 0 Å². The van der Waals surface area contributed by atoms with Crippen molar-refractivity contribution in [2.45, 2.75) is 31.9 Å². The van der Waals surface area contributed by atoms with Crippen LogP contribution < -0.4 is 0 Å². The number of para-hydroxylation sites is 1. The van der Waals surface area contributed by atoms with Crippen LogP contribution in [0.1, 0.15) is 30.9 Å². The summed E-state index contributed by atoms with van der Waals surface area (Å²) in [5.74, 6) is 0. The molecule has 1 aliphatic carbocycles. The molecule has 1 aromatic carbocycles. The summed E-state index contributed by atoms with van der Waals surface area (Å²) >= 11 is 0. The van der Waals surface area contributed by atoms with Crippen LogP contribution in [0, 0.1) is 0 Å². The third-order valence-electron chi connectivity index (χ3n) is 3.46. The van der Waals surface area contributed by atoms with Gasteiger partial charge in [-0.15, -0.1) is 0 Å². The number of aromatic nitrogens is 1.